The normalized spacial score (nSPS) is 15.3. The van der Waals surface area contributed by atoms with Gasteiger partial charge < -0.3 is 26.6 Å². The molecular formula is C22H35N3O5. The van der Waals surface area contributed by atoms with Gasteiger partial charge in [-0.25, -0.2) is 4.79 Å². The summed E-state index contributed by atoms with van der Waals surface area (Å²) in [6.07, 6.45) is -0.634. The summed E-state index contributed by atoms with van der Waals surface area (Å²) in [5, 5.41) is 24.7. The molecule has 168 valence electrons. The highest BCUT2D eigenvalue weighted by molar-refractivity contribution is 5.91. The van der Waals surface area contributed by atoms with Crippen LogP contribution in [-0.2, 0) is 20.8 Å². The first kappa shape index (κ1) is 25.6. The number of carbonyl (C=O) groups excluding carboxylic acids is 2. The Bertz CT molecular complexity index is 693. The largest absolute Gasteiger partial charge is 0.480 e. The van der Waals surface area contributed by atoms with Crippen LogP contribution >= 0.6 is 0 Å². The molecule has 0 spiro atoms. The van der Waals surface area contributed by atoms with Gasteiger partial charge in [0, 0.05) is 6.04 Å². The minimum atomic E-state index is -1.50. The smallest absolute Gasteiger partial charge is 0.326 e. The molecule has 1 rings (SSSR count). The number of hydrogen-bond donors (Lipinski definition) is 5. The number of amides is 2. The number of carbonyl (C=O) groups is 3. The zero-order chi connectivity index (χ0) is 22.8. The van der Waals surface area contributed by atoms with Gasteiger partial charge in [0.05, 0.1) is 0 Å². The van der Waals surface area contributed by atoms with Crippen molar-refractivity contribution in [3.63, 3.8) is 0 Å². The van der Waals surface area contributed by atoms with E-state index in [4.69, 9.17) is 5.73 Å². The monoisotopic (exact) mass is 421 g/mol. The van der Waals surface area contributed by atoms with Crippen molar-refractivity contribution in [2.75, 3.05) is 0 Å². The van der Waals surface area contributed by atoms with Gasteiger partial charge in [0.2, 0.25) is 5.91 Å². The summed E-state index contributed by atoms with van der Waals surface area (Å²) in [4.78, 5) is 36.7. The van der Waals surface area contributed by atoms with Crippen LogP contribution in [0.1, 0.15) is 46.1 Å². The topological polar surface area (TPSA) is 142 Å². The molecule has 0 heterocycles. The van der Waals surface area contributed by atoms with Gasteiger partial charge in [-0.15, -0.1) is 0 Å². The predicted molar refractivity (Wildman–Crippen MR) is 115 cm³/mol. The average Bonchev–Trinajstić information content (AvgIpc) is 2.66. The van der Waals surface area contributed by atoms with Crippen LogP contribution in [-0.4, -0.2) is 52.2 Å². The average molecular weight is 422 g/mol. The Morgan fingerprint density at radius 1 is 0.900 bits per heavy atom. The molecule has 6 N–H and O–H groups in total. The molecule has 0 fully saturated rings. The highest BCUT2D eigenvalue weighted by Crippen LogP contribution is 2.10. The number of aliphatic carboxylic acids is 1. The van der Waals surface area contributed by atoms with Crippen LogP contribution in [0.15, 0.2) is 30.3 Å². The van der Waals surface area contributed by atoms with Gasteiger partial charge in [0.15, 0.2) is 0 Å². The van der Waals surface area contributed by atoms with Crippen LogP contribution in [0.25, 0.3) is 0 Å². The summed E-state index contributed by atoms with van der Waals surface area (Å²) >= 11 is 0. The molecule has 0 aliphatic carbocycles. The summed E-state index contributed by atoms with van der Waals surface area (Å²) in [5.74, 6) is -2.34. The van der Waals surface area contributed by atoms with Gasteiger partial charge in [0.25, 0.3) is 5.91 Å². The molecule has 0 aliphatic heterocycles. The summed E-state index contributed by atoms with van der Waals surface area (Å²) in [6, 6.07) is 6.38. The lowest BCUT2D eigenvalue weighted by Crippen LogP contribution is -2.56. The number of benzene rings is 1. The molecule has 0 radical (unpaired) electrons. The van der Waals surface area contributed by atoms with Crippen LogP contribution in [0.2, 0.25) is 0 Å². The molecule has 4 atom stereocenters. The number of nitrogens with two attached hydrogens (primary N) is 1. The summed E-state index contributed by atoms with van der Waals surface area (Å²) in [6.45, 7) is 7.49. The first-order valence-electron chi connectivity index (χ1n) is 10.3. The molecule has 2 amide bonds. The molecule has 1 aromatic carbocycles. The third-order valence-electron chi connectivity index (χ3n) is 4.65. The van der Waals surface area contributed by atoms with Crippen molar-refractivity contribution < 1.29 is 24.6 Å². The zero-order valence-electron chi connectivity index (χ0n) is 18.2. The van der Waals surface area contributed by atoms with Crippen LogP contribution < -0.4 is 16.4 Å². The van der Waals surface area contributed by atoms with E-state index < -0.39 is 42.0 Å². The SMILES string of the molecule is CC(C)C[C@H](NC(=O)[C@H](CC(C)C)NC(=O)[C@@H](O)[C@H](N)Cc1ccccc1)C(=O)O. The molecule has 30 heavy (non-hydrogen) atoms. The Labute approximate surface area is 178 Å². The second-order valence-electron chi connectivity index (χ2n) is 8.52. The number of rotatable bonds is 12. The minimum Gasteiger partial charge on any atom is -0.480 e. The van der Waals surface area contributed by atoms with E-state index in [0.29, 0.717) is 12.8 Å². The summed E-state index contributed by atoms with van der Waals surface area (Å²) < 4.78 is 0. The van der Waals surface area contributed by atoms with Crippen molar-refractivity contribution in [2.24, 2.45) is 17.6 Å². The summed E-state index contributed by atoms with van der Waals surface area (Å²) in [7, 11) is 0. The van der Waals surface area contributed by atoms with Gasteiger partial charge in [-0.3, -0.25) is 9.59 Å². The Kier molecular flexibility index (Phi) is 10.5. The maximum atomic E-state index is 12.7. The molecule has 8 heteroatoms. The van der Waals surface area contributed by atoms with E-state index in [9.17, 15) is 24.6 Å². The molecule has 0 bridgehead atoms. The third kappa shape index (κ3) is 8.92. The van der Waals surface area contributed by atoms with Crippen molar-refractivity contribution in [2.45, 2.75) is 71.2 Å². The maximum absolute atomic E-state index is 12.7. The van der Waals surface area contributed by atoms with E-state index in [1.54, 1.807) is 0 Å². The number of aliphatic hydroxyl groups excluding tert-OH is 1. The minimum absolute atomic E-state index is 0.0598. The lowest BCUT2D eigenvalue weighted by Gasteiger charge is -2.25. The van der Waals surface area contributed by atoms with Gasteiger partial charge in [-0.05, 0) is 36.7 Å². The van der Waals surface area contributed by atoms with E-state index >= 15 is 0 Å². The molecule has 0 saturated carbocycles. The second kappa shape index (κ2) is 12.3. The fraction of sp³-hybridized carbons (Fsp3) is 0.591. The lowest BCUT2D eigenvalue weighted by molar-refractivity contribution is -0.143. The number of carboxylic acids is 1. The molecule has 8 nitrogen and oxygen atoms in total. The van der Waals surface area contributed by atoms with E-state index in [-0.39, 0.29) is 18.3 Å². The Morgan fingerprint density at radius 2 is 1.40 bits per heavy atom. The highest BCUT2D eigenvalue weighted by Gasteiger charge is 2.31. The number of carboxylic acid groups (broad SMARTS) is 1. The highest BCUT2D eigenvalue weighted by atomic mass is 16.4. The lowest BCUT2D eigenvalue weighted by atomic mass is 9.99. The van der Waals surface area contributed by atoms with Crippen molar-refractivity contribution >= 4 is 17.8 Å². The molecular weight excluding hydrogens is 386 g/mol. The molecule has 0 aromatic heterocycles. The van der Waals surface area contributed by atoms with Crippen molar-refractivity contribution in [1.82, 2.24) is 10.6 Å². The van der Waals surface area contributed by atoms with Gasteiger partial charge in [-0.1, -0.05) is 58.0 Å². The molecule has 0 unspecified atom stereocenters. The van der Waals surface area contributed by atoms with Gasteiger partial charge in [0.1, 0.15) is 18.2 Å². The molecule has 0 aliphatic rings. The number of nitrogens with one attached hydrogen (secondary N) is 2. The van der Waals surface area contributed by atoms with E-state index in [1.165, 1.54) is 0 Å². The second-order valence-corrected chi connectivity index (χ2v) is 8.52. The first-order chi connectivity index (χ1) is 14.0. The fourth-order valence-corrected chi connectivity index (χ4v) is 3.12. The van der Waals surface area contributed by atoms with Crippen molar-refractivity contribution in [3.05, 3.63) is 35.9 Å². The predicted octanol–water partition coefficient (Wildman–Crippen LogP) is 1.06. The molecule has 1 aromatic rings. The van der Waals surface area contributed by atoms with E-state index in [2.05, 4.69) is 10.6 Å². The standard InChI is InChI=1S/C22H35N3O5/c1-13(2)10-17(20(27)25-18(22(29)30)11-14(3)4)24-21(28)19(26)16(23)12-15-8-6-5-7-9-15/h5-9,13-14,16-19,26H,10-12,23H2,1-4H3,(H,24,28)(H,25,27)(H,29,30)/t16-,17+,18+,19+/m1/s1. The van der Waals surface area contributed by atoms with Crippen LogP contribution in [0, 0.1) is 11.8 Å². The fourth-order valence-electron chi connectivity index (χ4n) is 3.12. The number of hydrogen-bond acceptors (Lipinski definition) is 5. The third-order valence-corrected chi connectivity index (χ3v) is 4.65. The molecule has 0 saturated heterocycles. The summed E-state index contributed by atoms with van der Waals surface area (Å²) in [5.41, 5.74) is 6.87. The van der Waals surface area contributed by atoms with Crippen LogP contribution in [0.5, 0.6) is 0 Å². The zero-order valence-corrected chi connectivity index (χ0v) is 18.2. The van der Waals surface area contributed by atoms with E-state index in [1.807, 2.05) is 58.0 Å². The Hall–Kier alpha value is -2.45. The Balaban J connectivity index is 2.80. The first-order valence-corrected chi connectivity index (χ1v) is 10.3. The van der Waals surface area contributed by atoms with Crippen LogP contribution in [0.3, 0.4) is 0 Å². The van der Waals surface area contributed by atoms with Crippen LogP contribution in [0.4, 0.5) is 0 Å². The van der Waals surface area contributed by atoms with Gasteiger partial charge >= 0.3 is 5.97 Å². The maximum Gasteiger partial charge on any atom is 0.326 e. The quantitative estimate of drug-likeness (QED) is 0.342. The Morgan fingerprint density at radius 3 is 1.90 bits per heavy atom. The van der Waals surface area contributed by atoms with Gasteiger partial charge in [-0.2, -0.15) is 0 Å². The van der Waals surface area contributed by atoms with E-state index in [0.717, 1.165) is 5.56 Å². The van der Waals surface area contributed by atoms with Crippen molar-refractivity contribution in [3.8, 4) is 0 Å². The van der Waals surface area contributed by atoms with Crippen molar-refractivity contribution in [1.29, 1.82) is 0 Å². The number of aliphatic hydroxyl groups is 1.